The van der Waals surface area contributed by atoms with Crippen LogP contribution in [0.4, 0.5) is 0 Å². The van der Waals surface area contributed by atoms with E-state index in [0.29, 0.717) is 0 Å². The molecule has 1 saturated heterocycles. The standard InChI is InChI=1S/C9H14N.Ho/c1-10-7-6-8-4-2-3-5-9(8)10;/h3,5,8H,2,4,6-7H2,1H3;/q-1;. The molecule has 0 aromatic rings. The number of rotatable bonds is 0. The van der Waals surface area contributed by atoms with Gasteiger partial charge in [0.05, 0.1) is 0 Å². The van der Waals surface area contributed by atoms with Crippen LogP contribution >= 0.6 is 0 Å². The third-order valence-electron chi connectivity index (χ3n) is 2.64. The number of allylic oxidation sites excluding steroid dienone is 2. The van der Waals surface area contributed by atoms with Crippen molar-refractivity contribution in [3.63, 3.8) is 0 Å². The number of likely N-dealkylation sites (tertiary alicyclic amines) is 1. The summed E-state index contributed by atoms with van der Waals surface area (Å²) in [6, 6.07) is 0. The quantitative estimate of drug-likeness (QED) is 0.487. The molecule has 1 nitrogen and oxygen atoms in total. The molecule has 1 heterocycles. The minimum Gasteiger partial charge on any atom is -0.454 e. The molecule has 1 aliphatic heterocycles. The van der Waals surface area contributed by atoms with Crippen LogP contribution in [0, 0.1) is 50.1 Å². The monoisotopic (exact) mass is 301 g/mol. The van der Waals surface area contributed by atoms with E-state index in [0.717, 1.165) is 5.92 Å². The molecule has 0 spiro atoms. The third kappa shape index (κ3) is 1.88. The number of fused-ring (bicyclic) bond motifs is 1. The van der Waals surface area contributed by atoms with Crippen molar-refractivity contribution in [3.8, 4) is 0 Å². The van der Waals surface area contributed by atoms with Gasteiger partial charge in [-0.3, -0.25) is 0 Å². The molecule has 67 valence electrons. The minimum atomic E-state index is 0. The first-order valence-electron chi connectivity index (χ1n) is 4.12. The summed E-state index contributed by atoms with van der Waals surface area (Å²) < 4.78 is 0. The van der Waals surface area contributed by atoms with E-state index in [2.05, 4.69) is 24.4 Å². The van der Waals surface area contributed by atoms with Crippen LogP contribution in [0.25, 0.3) is 0 Å². The normalized spacial score (nSPS) is 28.3. The average Bonchev–Trinajstić information content (AvgIpc) is 2.34. The average molecular weight is 301 g/mol. The van der Waals surface area contributed by atoms with Gasteiger partial charge in [0.1, 0.15) is 0 Å². The zero-order valence-corrected chi connectivity index (χ0v) is 8.74. The second-order valence-corrected chi connectivity index (χ2v) is 3.31. The molecule has 1 fully saturated rings. The Morgan fingerprint density at radius 3 is 3.09 bits per heavy atom. The predicted octanol–water partition coefficient (Wildman–Crippen LogP) is 1.82. The molecule has 2 rings (SSSR count). The Kier molecular flexibility index (Phi) is 3.60. The topological polar surface area (TPSA) is 3.24 Å². The van der Waals surface area contributed by atoms with Crippen LogP contribution < -0.4 is 0 Å². The van der Waals surface area contributed by atoms with E-state index in [4.69, 9.17) is 0 Å². The Labute approximate surface area is 98.8 Å². The van der Waals surface area contributed by atoms with Crippen molar-refractivity contribution in [1.29, 1.82) is 0 Å². The second kappa shape index (κ2) is 4.06. The fourth-order valence-electron chi connectivity index (χ4n) is 2.00. The molecule has 0 aromatic carbocycles. The molecule has 0 N–H and O–H groups in total. The first-order chi connectivity index (χ1) is 4.88. The van der Waals surface area contributed by atoms with Crippen molar-refractivity contribution in [2.75, 3.05) is 13.6 Å². The fraction of sp³-hybridized carbons (Fsp3) is 0.667. The van der Waals surface area contributed by atoms with Crippen molar-refractivity contribution in [1.82, 2.24) is 4.90 Å². The largest absolute Gasteiger partial charge is 0.454 e. The summed E-state index contributed by atoms with van der Waals surface area (Å²) in [5.74, 6) is 0.898. The zero-order chi connectivity index (χ0) is 6.97. The first-order valence-corrected chi connectivity index (χ1v) is 4.12. The summed E-state index contributed by atoms with van der Waals surface area (Å²) >= 11 is 0. The van der Waals surface area contributed by atoms with Gasteiger partial charge in [-0.05, 0) is 20.0 Å². The molecule has 0 saturated carbocycles. The molecule has 2 aliphatic rings. The minimum absolute atomic E-state index is 0. The van der Waals surface area contributed by atoms with E-state index >= 15 is 0 Å². The molecular weight excluding hydrogens is 287 g/mol. The van der Waals surface area contributed by atoms with Crippen molar-refractivity contribution in [3.05, 3.63) is 18.2 Å². The van der Waals surface area contributed by atoms with Gasteiger partial charge in [-0.25, -0.2) is 12.5 Å². The number of nitrogens with zero attached hydrogens (tertiary/aromatic N) is 1. The Bertz CT molecular complexity index is 165. The van der Waals surface area contributed by atoms with Gasteiger partial charge in [0.25, 0.3) is 0 Å². The summed E-state index contributed by atoms with van der Waals surface area (Å²) in [6.07, 6.45) is 8.67. The van der Waals surface area contributed by atoms with Gasteiger partial charge < -0.3 is 4.90 Å². The Balaban J connectivity index is 0.000000605. The summed E-state index contributed by atoms with van der Waals surface area (Å²) in [4.78, 5) is 2.39. The van der Waals surface area contributed by atoms with Gasteiger partial charge in [0, 0.05) is 37.7 Å². The number of hydrogen-bond donors (Lipinski definition) is 0. The molecule has 1 aliphatic carbocycles. The van der Waals surface area contributed by atoms with E-state index in [1.807, 2.05) is 0 Å². The van der Waals surface area contributed by atoms with Crippen LogP contribution in [-0.4, -0.2) is 18.5 Å². The summed E-state index contributed by atoms with van der Waals surface area (Å²) in [5, 5.41) is 0. The predicted molar refractivity (Wildman–Crippen MR) is 42.4 cm³/mol. The molecular formula is C9H14HoN-. The maximum atomic E-state index is 2.39. The van der Waals surface area contributed by atoms with Crippen molar-refractivity contribution in [2.24, 2.45) is 5.92 Å². The Morgan fingerprint density at radius 2 is 2.36 bits per heavy atom. The van der Waals surface area contributed by atoms with Gasteiger partial charge in [0.2, 0.25) is 0 Å². The summed E-state index contributed by atoms with van der Waals surface area (Å²) in [6.45, 7) is 1.27. The van der Waals surface area contributed by atoms with Crippen molar-refractivity contribution in [2.45, 2.75) is 19.3 Å². The fourth-order valence-corrected chi connectivity index (χ4v) is 2.00. The smallest absolute Gasteiger partial charge is 0 e. The van der Waals surface area contributed by atoms with Crippen LogP contribution in [-0.2, 0) is 0 Å². The molecule has 0 amide bonds. The van der Waals surface area contributed by atoms with Crippen LogP contribution in [0.3, 0.4) is 0 Å². The van der Waals surface area contributed by atoms with E-state index in [9.17, 15) is 0 Å². The van der Waals surface area contributed by atoms with E-state index in [-0.39, 0.29) is 37.7 Å². The molecule has 11 heavy (non-hydrogen) atoms. The van der Waals surface area contributed by atoms with Crippen LogP contribution in [0.1, 0.15) is 19.3 Å². The van der Waals surface area contributed by atoms with Crippen molar-refractivity contribution >= 4 is 0 Å². The van der Waals surface area contributed by atoms with Gasteiger partial charge in [-0.2, -0.15) is 0 Å². The van der Waals surface area contributed by atoms with E-state index < -0.39 is 0 Å². The molecule has 0 aromatic heterocycles. The molecule has 1 radical (unpaired) electrons. The van der Waals surface area contributed by atoms with Crippen LogP contribution in [0.15, 0.2) is 11.8 Å². The molecule has 0 bridgehead atoms. The van der Waals surface area contributed by atoms with Gasteiger partial charge in [-0.15, -0.1) is 12.1 Å². The number of hydrogen-bond acceptors (Lipinski definition) is 1. The first kappa shape index (κ1) is 9.76. The Morgan fingerprint density at radius 1 is 1.55 bits per heavy atom. The Hall–Kier alpha value is 0.670. The maximum absolute atomic E-state index is 2.39. The van der Waals surface area contributed by atoms with Gasteiger partial charge in [-0.1, -0.05) is 12.3 Å². The molecule has 1 unspecified atom stereocenters. The molecule has 1 atom stereocenters. The van der Waals surface area contributed by atoms with E-state index in [1.54, 1.807) is 5.70 Å². The summed E-state index contributed by atoms with van der Waals surface area (Å²) in [7, 11) is 2.20. The van der Waals surface area contributed by atoms with Crippen LogP contribution in [0.5, 0.6) is 0 Å². The maximum Gasteiger partial charge on any atom is 0 e. The van der Waals surface area contributed by atoms with Gasteiger partial charge >= 0.3 is 0 Å². The van der Waals surface area contributed by atoms with Crippen LogP contribution in [0.2, 0.25) is 0 Å². The van der Waals surface area contributed by atoms with E-state index in [1.165, 1.54) is 25.8 Å². The third-order valence-corrected chi connectivity index (χ3v) is 2.64. The van der Waals surface area contributed by atoms with Crippen molar-refractivity contribution < 1.29 is 37.7 Å². The zero-order valence-electron chi connectivity index (χ0n) is 6.81. The molecule has 2 heteroatoms. The SMILES string of the molecule is CN1CCC2CC[CH-]C=C21.[Ho]. The second-order valence-electron chi connectivity index (χ2n) is 3.31. The van der Waals surface area contributed by atoms with Gasteiger partial charge in [0.15, 0.2) is 0 Å². The summed E-state index contributed by atoms with van der Waals surface area (Å²) in [5.41, 5.74) is 1.58.